The van der Waals surface area contributed by atoms with E-state index in [1.165, 1.54) is 17.2 Å². The molecule has 0 fully saturated rings. The fraction of sp³-hybridized carbons (Fsp3) is 0.455. The van der Waals surface area contributed by atoms with Gasteiger partial charge >= 0.3 is 0 Å². The maximum Gasteiger partial charge on any atom is 0.0908 e. The Kier molecular flexibility index (Phi) is 5.60. The highest BCUT2D eigenvalue weighted by Gasteiger charge is 2.02. The number of hydrogen-bond acceptors (Lipinski definition) is 0. The summed E-state index contributed by atoms with van der Waals surface area (Å²) < 4.78 is -0.0798. The highest BCUT2D eigenvalue weighted by Crippen LogP contribution is 2.13. The van der Waals surface area contributed by atoms with Crippen LogP contribution in [0.25, 0.3) is 0 Å². The van der Waals surface area contributed by atoms with E-state index in [-0.39, 0.29) is 14.0 Å². The summed E-state index contributed by atoms with van der Waals surface area (Å²) in [5.74, 6) is 0. The molecule has 1 aromatic carbocycles. The van der Waals surface area contributed by atoms with Gasteiger partial charge in [0.05, 0.1) is 14.0 Å². The molecule has 0 spiro atoms. The summed E-state index contributed by atoms with van der Waals surface area (Å²) in [6, 6.07) is 9.83. The average molecular weight is 247 g/mol. The minimum Gasteiger partial charge on any atom is -0.110 e. The second kappa shape index (κ2) is 6.49. The molecule has 0 amide bonds. The van der Waals surface area contributed by atoms with Crippen LogP contribution in [0.2, 0.25) is 6.04 Å². The van der Waals surface area contributed by atoms with Crippen LogP contribution in [0.4, 0.5) is 0 Å². The van der Waals surface area contributed by atoms with Crippen molar-refractivity contribution >= 4 is 32.7 Å². The van der Waals surface area contributed by atoms with E-state index in [4.69, 9.17) is 23.2 Å². The number of hydrogen-bond donors (Lipinski definition) is 0. The molecule has 0 atom stereocenters. The summed E-state index contributed by atoms with van der Waals surface area (Å²) in [7, 11) is -0.291. The van der Waals surface area contributed by atoms with Crippen LogP contribution in [0.3, 0.4) is 0 Å². The van der Waals surface area contributed by atoms with Gasteiger partial charge in [0.15, 0.2) is 0 Å². The standard InChI is InChI=1S/C11H16Cl2Si/c1-2-9-5-3-4-6-10(9)7-8-14-11(12)13/h3-6,11H,2,7-8,14H2,1H3. The Morgan fingerprint density at radius 1 is 1.21 bits per heavy atom. The maximum absolute atomic E-state index is 5.74. The van der Waals surface area contributed by atoms with Gasteiger partial charge in [0.25, 0.3) is 0 Å². The van der Waals surface area contributed by atoms with E-state index in [2.05, 4.69) is 31.2 Å². The lowest BCUT2D eigenvalue weighted by molar-refractivity contribution is 1.03. The number of benzene rings is 1. The molecule has 3 heteroatoms. The van der Waals surface area contributed by atoms with Crippen LogP contribution < -0.4 is 0 Å². The lowest BCUT2D eigenvalue weighted by Crippen LogP contribution is -2.03. The molecular weight excluding hydrogens is 231 g/mol. The largest absolute Gasteiger partial charge is 0.110 e. The van der Waals surface area contributed by atoms with Gasteiger partial charge in [-0.15, -0.1) is 23.2 Å². The molecule has 0 aliphatic carbocycles. The summed E-state index contributed by atoms with van der Waals surface area (Å²) in [5.41, 5.74) is 2.93. The summed E-state index contributed by atoms with van der Waals surface area (Å²) in [6.45, 7) is 2.20. The molecule has 0 radical (unpaired) electrons. The highest BCUT2D eigenvalue weighted by molar-refractivity contribution is 6.68. The Balaban J connectivity index is 2.49. The van der Waals surface area contributed by atoms with Gasteiger partial charge in [0, 0.05) is 0 Å². The van der Waals surface area contributed by atoms with Crippen LogP contribution >= 0.6 is 23.2 Å². The molecule has 0 N–H and O–H groups in total. The molecule has 1 rings (SSSR count). The molecule has 0 aliphatic heterocycles. The van der Waals surface area contributed by atoms with Gasteiger partial charge in [-0.2, -0.15) is 0 Å². The van der Waals surface area contributed by atoms with Crippen molar-refractivity contribution in [3.8, 4) is 0 Å². The van der Waals surface area contributed by atoms with E-state index in [0.717, 1.165) is 12.8 Å². The second-order valence-corrected chi connectivity index (χ2v) is 7.82. The monoisotopic (exact) mass is 246 g/mol. The maximum atomic E-state index is 5.74. The highest BCUT2D eigenvalue weighted by atomic mass is 35.5. The first kappa shape index (κ1) is 12.1. The van der Waals surface area contributed by atoms with Crippen LogP contribution in [0.1, 0.15) is 18.1 Å². The third-order valence-corrected chi connectivity index (χ3v) is 4.88. The van der Waals surface area contributed by atoms with E-state index >= 15 is 0 Å². The Bertz CT molecular complexity index is 274. The topological polar surface area (TPSA) is 0 Å². The summed E-state index contributed by atoms with van der Waals surface area (Å²) >= 11 is 11.5. The van der Waals surface area contributed by atoms with Crippen molar-refractivity contribution < 1.29 is 0 Å². The molecule has 78 valence electrons. The van der Waals surface area contributed by atoms with Gasteiger partial charge in [0.1, 0.15) is 0 Å². The third-order valence-electron chi connectivity index (χ3n) is 2.37. The van der Waals surface area contributed by atoms with Crippen molar-refractivity contribution in [3.05, 3.63) is 35.4 Å². The van der Waals surface area contributed by atoms with Gasteiger partial charge in [-0.05, 0) is 24.0 Å². The molecule has 0 saturated heterocycles. The Morgan fingerprint density at radius 2 is 1.86 bits per heavy atom. The van der Waals surface area contributed by atoms with E-state index in [9.17, 15) is 0 Å². The summed E-state index contributed by atoms with van der Waals surface area (Å²) in [5, 5.41) is 0. The normalized spacial score (nSPS) is 11.7. The van der Waals surface area contributed by atoms with Crippen LogP contribution in [-0.2, 0) is 12.8 Å². The Labute approximate surface area is 98.4 Å². The van der Waals surface area contributed by atoms with Crippen molar-refractivity contribution in [2.75, 3.05) is 0 Å². The van der Waals surface area contributed by atoms with Crippen LogP contribution in [0.5, 0.6) is 0 Å². The molecule has 1 aromatic rings. The zero-order chi connectivity index (χ0) is 10.4. The van der Waals surface area contributed by atoms with Crippen molar-refractivity contribution in [2.45, 2.75) is 30.3 Å². The first-order chi connectivity index (χ1) is 6.74. The molecule has 0 bridgehead atoms. The van der Waals surface area contributed by atoms with Crippen molar-refractivity contribution in [3.63, 3.8) is 0 Å². The van der Waals surface area contributed by atoms with Gasteiger partial charge in [-0.3, -0.25) is 0 Å². The first-order valence-corrected chi connectivity index (χ1v) is 7.78. The first-order valence-electron chi connectivity index (χ1n) is 5.09. The predicted octanol–water partition coefficient (Wildman–Crippen LogP) is 3.14. The molecule has 0 nitrogen and oxygen atoms in total. The van der Waals surface area contributed by atoms with Gasteiger partial charge in [-0.1, -0.05) is 37.2 Å². The van der Waals surface area contributed by atoms with Crippen molar-refractivity contribution in [2.24, 2.45) is 0 Å². The van der Waals surface area contributed by atoms with E-state index < -0.39 is 0 Å². The smallest absolute Gasteiger partial charge is 0.0908 e. The zero-order valence-electron chi connectivity index (χ0n) is 8.47. The number of alkyl halides is 2. The second-order valence-electron chi connectivity index (χ2n) is 3.41. The molecule has 0 saturated carbocycles. The van der Waals surface area contributed by atoms with Crippen LogP contribution in [0.15, 0.2) is 24.3 Å². The molecule has 0 heterocycles. The quantitative estimate of drug-likeness (QED) is 0.554. The minimum absolute atomic E-state index is 0.0798. The SMILES string of the molecule is CCc1ccccc1CC[SiH2]C(Cl)Cl. The summed E-state index contributed by atoms with van der Waals surface area (Å²) in [6.07, 6.45) is 2.26. The van der Waals surface area contributed by atoms with Crippen molar-refractivity contribution in [1.82, 2.24) is 0 Å². The summed E-state index contributed by atoms with van der Waals surface area (Å²) in [4.78, 5) is 0. The van der Waals surface area contributed by atoms with Gasteiger partial charge in [-0.25, -0.2) is 0 Å². The van der Waals surface area contributed by atoms with E-state index in [1.54, 1.807) is 0 Å². The molecule has 0 aromatic heterocycles. The third kappa shape index (κ3) is 4.03. The Morgan fingerprint density at radius 3 is 2.43 bits per heavy atom. The number of halogens is 2. The minimum atomic E-state index is -0.291. The zero-order valence-corrected chi connectivity index (χ0v) is 11.4. The molecule has 0 unspecified atom stereocenters. The van der Waals surface area contributed by atoms with Gasteiger partial charge < -0.3 is 0 Å². The van der Waals surface area contributed by atoms with Crippen LogP contribution in [0, 0.1) is 0 Å². The lowest BCUT2D eigenvalue weighted by atomic mass is 10.0. The number of rotatable bonds is 5. The lowest BCUT2D eigenvalue weighted by Gasteiger charge is -2.07. The fourth-order valence-corrected chi connectivity index (χ4v) is 3.41. The molecule has 14 heavy (non-hydrogen) atoms. The number of aryl methyl sites for hydroxylation is 2. The van der Waals surface area contributed by atoms with E-state index in [0.29, 0.717) is 0 Å². The fourth-order valence-electron chi connectivity index (χ4n) is 1.59. The Hall–Kier alpha value is 0.0169. The molecular formula is C11H16Cl2Si. The van der Waals surface area contributed by atoms with Gasteiger partial charge in [0.2, 0.25) is 0 Å². The average Bonchev–Trinajstić information content (AvgIpc) is 2.18. The molecule has 0 aliphatic rings. The van der Waals surface area contributed by atoms with Crippen LogP contribution in [-0.4, -0.2) is 14.0 Å². The predicted molar refractivity (Wildman–Crippen MR) is 68.4 cm³/mol. The van der Waals surface area contributed by atoms with Crippen molar-refractivity contribution in [1.29, 1.82) is 0 Å². The van der Waals surface area contributed by atoms with E-state index in [1.807, 2.05) is 0 Å².